The van der Waals surface area contributed by atoms with Gasteiger partial charge in [-0.3, -0.25) is 4.21 Å². The fraction of sp³-hybridized carbons (Fsp3) is 1.00. The molecule has 3 atom stereocenters. The highest BCUT2D eigenvalue weighted by atomic mass is 32.2. The van der Waals surface area contributed by atoms with Crippen molar-refractivity contribution in [3.8, 4) is 0 Å². The minimum absolute atomic E-state index is 0.484. The topological polar surface area (TPSA) is 29.1 Å². The van der Waals surface area contributed by atoms with Crippen molar-refractivity contribution in [1.82, 2.24) is 5.32 Å². The molecular weight excluding hydrogens is 218 g/mol. The molecule has 0 aliphatic carbocycles. The lowest BCUT2D eigenvalue weighted by molar-refractivity contribution is 0.413. The molecule has 0 rings (SSSR count). The second-order valence-corrected chi connectivity index (χ2v) is 6.91. The van der Waals surface area contributed by atoms with Crippen molar-refractivity contribution in [2.45, 2.75) is 65.5 Å². The van der Waals surface area contributed by atoms with Crippen LogP contribution < -0.4 is 5.32 Å². The van der Waals surface area contributed by atoms with E-state index in [-0.39, 0.29) is 0 Å². The van der Waals surface area contributed by atoms with Crippen LogP contribution in [0.25, 0.3) is 0 Å². The van der Waals surface area contributed by atoms with Gasteiger partial charge >= 0.3 is 0 Å². The van der Waals surface area contributed by atoms with Crippen molar-refractivity contribution in [3.63, 3.8) is 0 Å². The Kier molecular flexibility index (Phi) is 9.24. The molecule has 0 aromatic rings. The van der Waals surface area contributed by atoms with Crippen LogP contribution in [0.3, 0.4) is 0 Å². The Labute approximate surface area is 104 Å². The zero-order valence-electron chi connectivity index (χ0n) is 11.6. The van der Waals surface area contributed by atoms with Crippen molar-refractivity contribution in [1.29, 1.82) is 0 Å². The molecule has 0 heterocycles. The zero-order chi connectivity index (χ0) is 12.6. The van der Waals surface area contributed by atoms with Gasteiger partial charge in [0, 0.05) is 34.9 Å². The number of hydrogen-bond donors (Lipinski definition) is 1. The first-order chi connectivity index (χ1) is 7.41. The number of nitrogens with one attached hydrogen (secondary N) is 1. The summed E-state index contributed by atoms with van der Waals surface area (Å²) in [5.74, 6) is 1.62. The Morgan fingerprint density at radius 2 is 1.56 bits per heavy atom. The summed E-state index contributed by atoms with van der Waals surface area (Å²) < 4.78 is 11.0. The van der Waals surface area contributed by atoms with Crippen molar-refractivity contribution in [2.75, 3.05) is 12.0 Å². The molecule has 0 amide bonds. The summed E-state index contributed by atoms with van der Waals surface area (Å²) in [5.41, 5.74) is 0. The lowest BCUT2D eigenvalue weighted by Crippen LogP contribution is -2.35. The van der Waals surface area contributed by atoms with Gasteiger partial charge in [0.1, 0.15) is 0 Å². The normalized spacial score (nSPS) is 17.4. The fourth-order valence-corrected chi connectivity index (χ4v) is 2.51. The van der Waals surface area contributed by atoms with E-state index in [0.717, 1.165) is 18.1 Å². The van der Waals surface area contributed by atoms with Gasteiger partial charge in [0.2, 0.25) is 0 Å². The van der Waals surface area contributed by atoms with E-state index >= 15 is 0 Å². The van der Waals surface area contributed by atoms with Crippen LogP contribution in [-0.4, -0.2) is 28.3 Å². The highest BCUT2D eigenvalue weighted by Crippen LogP contribution is 2.09. The maximum absolute atomic E-state index is 11.0. The van der Waals surface area contributed by atoms with Crippen LogP contribution in [0.5, 0.6) is 0 Å². The summed E-state index contributed by atoms with van der Waals surface area (Å²) in [7, 11) is -0.653. The van der Waals surface area contributed by atoms with Crippen LogP contribution in [-0.2, 0) is 10.8 Å². The quantitative estimate of drug-likeness (QED) is 0.679. The first kappa shape index (κ1) is 16.1. The van der Waals surface area contributed by atoms with Gasteiger partial charge in [0.15, 0.2) is 0 Å². The molecule has 3 heteroatoms. The molecule has 0 saturated heterocycles. The minimum atomic E-state index is -0.653. The number of hydrogen-bond acceptors (Lipinski definition) is 2. The third-order valence-electron chi connectivity index (χ3n) is 2.83. The van der Waals surface area contributed by atoms with Gasteiger partial charge in [-0.05, 0) is 32.6 Å². The first-order valence-corrected chi connectivity index (χ1v) is 8.20. The molecule has 0 spiro atoms. The highest BCUT2D eigenvalue weighted by molar-refractivity contribution is 7.84. The first-order valence-electron chi connectivity index (χ1n) is 6.48. The van der Waals surface area contributed by atoms with E-state index < -0.39 is 10.8 Å². The van der Waals surface area contributed by atoms with E-state index in [1.165, 1.54) is 19.3 Å². The monoisotopic (exact) mass is 247 g/mol. The van der Waals surface area contributed by atoms with Crippen LogP contribution in [0.15, 0.2) is 0 Å². The lowest BCUT2D eigenvalue weighted by Gasteiger charge is -2.20. The molecular formula is C13H29NOS. The van der Waals surface area contributed by atoms with Crippen LogP contribution in [0.4, 0.5) is 0 Å². The van der Waals surface area contributed by atoms with E-state index in [0.29, 0.717) is 12.1 Å². The van der Waals surface area contributed by atoms with Gasteiger partial charge in [-0.15, -0.1) is 0 Å². The van der Waals surface area contributed by atoms with Gasteiger partial charge < -0.3 is 5.32 Å². The molecule has 0 bridgehead atoms. The summed E-state index contributed by atoms with van der Waals surface area (Å²) >= 11 is 0. The van der Waals surface area contributed by atoms with Gasteiger partial charge in [-0.1, -0.05) is 26.7 Å². The second-order valence-electron chi connectivity index (χ2n) is 5.36. The summed E-state index contributed by atoms with van der Waals surface area (Å²) in [6, 6.07) is 1.07. The van der Waals surface area contributed by atoms with Crippen LogP contribution in [0, 0.1) is 5.92 Å². The SMILES string of the molecule is CC(C)CCCC(C)NC(C)CCS(C)=O. The van der Waals surface area contributed by atoms with Crippen molar-refractivity contribution >= 4 is 10.8 Å². The molecule has 0 aromatic carbocycles. The van der Waals surface area contributed by atoms with Gasteiger partial charge in [-0.2, -0.15) is 0 Å². The fourth-order valence-electron chi connectivity index (χ4n) is 1.83. The molecule has 3 unspecified atom stereocenters. The maximum Gasteiger partial charge on any atom is 0.0246 e. The molecule has 16 heavy (non-hydrogen) atoms. The predicted molar refractivity (Wildman–Crippen MR) is 74.3 cm³/mol. The van der Waals surface area contributed by atoms with E-state index in [2.05, 4.69) is 33.0 Å². The van der Waals surface area contributed by atoms with Crippen molar-refractivity contribution in [3.05, 3.63) is 0 Å². The predicted octanol–water partition coefficient (Wildman–Crippen LogP) is 2.95. The Balaban J connectivity index is 3.53. The Bertz CT molecular complexity index is 194. The summed E-state index contributed by atoms with van der Waals surface area (Å²) in [4.78, 5) is 0. The molecule has 0 aromatic heterocycles. The third kappa shape index (κ3) is 10.6. The molecule has 0 saturated carbocycles. The molecule has 0 radical (unpaired) electrons. The molecule has 0 fully saturated rings. The molecule has 0 aliphatic heterocycles. The van der Waals surface area contributed by atoms with Crippen LogP contribution >= 0.6 is 0 Å². The average molecular weight is 247 g/mol. The Morgan fingerprint density at radius 3 is 2.06 bits per heavy atom. The van der Waals surface area contributed by atoms with Crippen LogP contribution in [0.2, 0.25) is 0 Å². The number of rotatable bonds is 9. The highest BCUT2D eigenvalue weighted by Gasteiger charge is 2.08. The molecule has 98 valence electrons. The molecule has 0 aliphatic rings. The van der Waals surface area contributed by atoms with Gasteiger partial charge in [-0.25, -0.2) is 0 Å². The standard InChI is InChI=1S/C13H29NOS/c1-11(2)7-6-8-12(3)14-13(4)9-10-16(5)15/h11-14H,6-10H2,1-5H3. The van der Waals surface area contributed by atoms with Crippen molar-refractivity contribution < 1.29 is 4.21 Å². The van der Waals surface area contributed by atoms with Gasteiger partial charge in [0.05, 0.1) is 0 Å². The van der Waals surface area contributed by atoms with Crippen molar-refractivity contribution in [2.24, 2.45) is 5.92 Å². The average Bonchev–Trinajstić information content (AvgIpc) is 2.14. The third-order valence-corrected chi connectivity index (χ3v) is 3.64. The van der Waals surface area contributed by atoms with Gasteiger partial charge in [0.25, 0.3) is 0 Å². The second kappa shape index (κ2) is 9.17. The van der Waals surface area contributed by atoms with E-state index in [1.807, 2.05) is 0 Å². The maximum atomic E-state index is 11.0. The summed E-state index contributed by atoms with van der Waals surface area (Å²) in [6.45, 7) is 8.99. The zero-order valence-corrected chi connectivity index (χ0v) is 12.4. The van der Waals surface area contributed by atoms with E-state index in [9.17, 15) is 4.21 Å². The van der Waals surface area contributed by atoms with E-state index in [4.69, 9.17) is 0 Å². The molecule has 2 nitrogen and oxygen atoms in total. The molecule has 1 N–H and O–H groups in total. The summed E-state index contributed by atoms with van der Waals surface area (Å²) in [6.07, 6.45) is 6.66. The summed E-state index contributed by atoms with van der Waals surface area (Å²) in [5, 5.41) is 3.57. The lowest BCUT2D eigenvalue weighted by atomic mass is 10.0. The Hall–Kier alpha value is 0.110. The Morgan fingerprint density at radius 1 is 1.00 bits per heavy atom. The smallest absolute Gasteiger partial charge is 0.0246 e. The largest absolute Gasteiger partial charge is 0.312 e. The van der Waals surface area contributed by atoms with Crippen LogP contribution in [0.1, 0.15) is 53.4 Å². The minimum Gasteiger partial charge on any atom is -0.312 e. The van der Waals surface area contributed by atoms with E-state index in [1.54, 1.807) is 6.26 Å².